The molecule has 2 aromatic rings. The third-order valence-electron chi connectivity index (χ3n) is 2.65. The molecule has 1 aromatic carbocycles. The van der Waals surface area contributed by atoms with Crippen LogP contribution in [0.2, 0.25) is 0 Å². The SMILES string of the molecule is O=C=Nc1ccc(NC(=O)OCC[n+]2ccccc2)cc1. The van der Waals surface area contributed by atoms with Gasteiger partial charge in [-0.1, -0.05) is 6.07 Å². The molecule has 0 saturated carbocycles. The molecule has 1 aromatic heterocycles. The maximum Gasteiger partial charge on any atom is 0.411 e. The number of carbonyl (C=O) groups is 1. The number of anilines is 1. The lowest BCUT2D eigenvalue weighted by atomic mass is 10.3. The fraction of sp³-hybridized carbons (Fsp3) is 0.133. The van der Waals surface area contributed by atoms with Crippen molar-refractivity contribution in [1.82, 2.24) is 0 Å². The summed E-state index contributed by atoms with van der Waals surface area (Å²) in [5, 5.41) is 2.59. The van der Waals surface area contributed by atoms with Crippen molar-refractivity contribution in [1.29, 1.82) is 0 Å². The van der Waals surface area contributed by atoms with E-state index in [2.05, 4.69) is 10.3 Å². The summed E-state index contributed by atoms with van der Waals surface area (Å²) in [6.45, 7) is 0.856. The Morgan fingerprint density at radius 3 is 2.57 bits per heavy atom. The van der Waals surface area contributed by atoms with Crippen molar-refractivity contribution in [2.45, 2.75) is 6.54 Å². The van der Waals surface area contributed by atoms with Crippen molar-refractivity contribution in [2.24, 2.45) is 4.99 Å². The molecule has 0 radical (unpaired) electrons. The molecular formula is C15H14N3O3+. The Bertz CT molecular complexity index is 635. The number of ether oxygens (including phenoxy) is 1. The number of hydrogen-bond acceptors (Lipinski definition) is 4. The highest BCUT2D eigenvalue weighted by Gasteiger charge is 2.05. The molecule has 0 aliphatic heterocycles. The van der Waals surface area contributed by atoms with Crippen molar-refractivity contribution in [3.63, 3.8) is 0 Å². The molecule has 1 amide bonds. The minimum atomic E-state index is -0.529. The zero-order valence-electron chi connectivity index (χ0n) is 11.2. The number of hydrogen-bond donors (Lipinski definition) is 1. The number of nitrogens with zero attached hydrogens (tertiary/aromatic N) is 2. The van der Waals surface area contributed by atoms with Crippen LogP contribution in [0.15, 0.2) is 59.9 Å². The molecule has 0 aliphatic carbocycles. The topological polar surface area (TPSA) is 71.6 Å². The van der Waals surface area contributed by atoms with E-state index in [1.165, 1.54) is 6.08 Å². The molecule has 21 heavy (non-hydrogen) atoms. The fourth-order valence-electron chi connectivity index (χ4n) is 1.65. The number of pyridine rings is 1. The van der Waals surface area contributed by atoms with Crippen LogP contribution in [0.1, 0.15) is 0 Å². The number of aliphatic imine (C=N–C) groups is 1. The van der Waals surface area contributed by atoms with Gasteiger partial charge >= 0.3 is 6.09 Å². The van der Waals surface area contributed by atoms with Crippen molar-refractivity contribution >= 4 is 23.5 Å². The van der Waals surface area contributed by atoms with E-state index in [0.717, 1.165) is 0 Å². The predicted octanol–water partition coefficient (Wildman–Crippen LogP) is 2.19. The maximum atomic E-state index is 11.6. The van der Waals surface area contributed by atoms with Crippen LogP contribution in [0.3, 0.4) is 0 Å². The highest BCUT2D eigenvalue weighted by atomic mass is 16.5. The maximum absolute atomic E-state index is 11.6. The van der Waals surface area contributed by atoms with E-state index >= 15 is 0 Å². The number of benzene rings is 1. The van der Waals surface area contributed by atoms with Gasteiger partial charge in [0, 0.05) is 17.8 Å². The van der Waals surface area contributed by atoms with Crippen LogP contribution in [-0.2, 0) is 16.1 Å². The van der Waals surface area contributed by atoms with Gasteiger partial charge in [-0.15, -0.1) is 0 Å². The molecule has 0 fully saturated rings. The van der Waals surface area contributed by atoms with E-state index in [1.807, 2.05) is 35.2 Å². The van der Waals surface area contributed by atoms with Crippen molar-refractivity contribution in [3.8, 4) is 0 Å². The predicted molar refractivity (Wildman–Crippen MR) is 75.8 cm³/mol. The third kappa shape index (κ3) is 4.89. The van der Waals surface area contributed by atoms with Crippen LogP contribution in [0, 0.1) is 0 Å². The van der Waals surface area contributed by atoms with Crippen molar-refractivity contribution in [2.75, 3.05) is 11.9 Å². The second kappa shape index (κ2) is 7.57. The Balaban J connectivity index is 1.77. The molecule has 0 atom stereocenters. The first-order valence-electron chi connectivity index (χ1n) is 6.34. The van der Waals surface area contributed by atoms with Crippen molar-refractivity contribution in [3.05, 3.63) is 54.9 Å². The van der Waals surface area contributed by atoms with Gasteiger partial charge in [0.2, 0.25) is 6.08 Å². The van der Waals surface area contributed by atoms with Crippen LogP contribution >= 0.6 is 0 Å². The minimum Gasteiger partial charge on any atom is -0.443 e. The highest BCUT2D eigenvalue weighted by Crippen LogP contribution is 2.15. The van der Waals surface area contributed by atoms with Gasteiger partial charge in [-0.3, -0.25) is 5.32 Å². The monoisotopic (exact) mass is 284 g/mol. The van der Waals surface area contributed by atoms with E-state index in [9.17, 15) is 9.59 Å². The van der Waals surface area contributed by atoms with Crippen LogP contribution in [0.25, 0.3) is 0 Å². The van der Waals surface area contributed by atoms with Crippen LogP contribution < -0.4 is 9.88 Å². The standard InChI is InChI=1S/C15H13N3O3/c19-12-16-13-4-6-14(7-5-13)17-15(20)21-11-10-18-8-2-1-3-9-18/h1-9H,10-11H2/p+1. The molecule has 0 bridgehead atoms. The Labute approximate surface area is 121 Å². The Morgan fingerprint density at radius 2 is 1.90 bits per heavy atom. The molecule has 6 heteroatoms. The second-order valence-electron chi connectivity index (χ2n) is 4.12. The normalized spacial score (nSPS) is 9.52. The summed E-state index contributed by atoms with van der Waals surface area (Å²) >= 11 is 0. The lowest BCUT2D eigenvalue weighted by Gasteiger charge is -2.05. The summed E-state index contributed by atoms with van der Waals surface area (Å²) in [5.41, 5.74) is 1.04. The first kappa shape index (κ1) is 14.4. The first-order valence-corrected chi connectivity index (χ1v) is 6.34. The summed E-state index contributed by atoms with van der Waals surface area (Å²) in [5.74, 6) is 0. The van der Waals surface area contributed by atoms with E-state index in [4.69, 9.17) is 4.74 Å². The van der Waals surface area contributed by atoms with Gasteiger partial charge in [-0.2, -0.15) is 4.99 Å². The molecule has 6 nitrogen and oxygen atoms in total. The molecule has 0 spiro atoms. The van der Waals surface area contributed by atoms with Gasteiger partial charge in [0.15, 0.2) is 25.5 Å². The number of carbonyl (C=O) groups excluding carboxylic acids is 2. The Hall–Kier alpha value is -2.98. The summed E-state index contributed by atoms with van der Waals surface area (Å²) in [7, 11) is 0. The number of amides is 1. The van der Waals surface area contributed by atoms with E-state index in [-0.39, 0.29) is 6.61 Å². The van der Waals surface area contributed by atoms with Gasteiger partial charge in [0.05, 0.1) is 5.69 Å². The van der Waals surface area contributed by atoms with Gasteiger partial charge in [-0.25, -0.2) is 14.2 Å². The van der Waals surface area contributed by atoms with E-state index in [0.29, 0.717) is 17.9 Å². The number of aromatic nitrogens is 1. The van der Waals surface area contributed by atoms with Crippen LogP contribution in [-0.4, -0.2) is 18.8 Å². The van der Waals surface area contributed by atoms with Crippen LogP contribution in [0.4, 0.5) is 16.2 Å². The zero-order chi connectivity index (χ0) is 14.9. The van der Waals surface area contributed by atoms with Gasteiger partial charge in [0.25, 0.3) is 0 Å². The zero-order valence-corrected chi connectivity index (χ0v) is 11.2. The summed E-state index contributed by atoms with van der Waals surface area (Å²) < 4.78 is 6.99. The van der Waals surface area contributed by atoms with Gasteiger partial charge in [-0.05, 0) is 24.3 Å². The molecule has 2 rings (SSSR count). The molecular weight excluding hydrogens is 270 g/mol. The number of nitrogens with one attached hydrogen (secondary N) is 1. The molecule has 0 aliphatic rings. The summed E-state index contributed by atoms with van der Waals surface area (Å²) in [4.78, 5) is 25.1. The van der Waals surface area contributed by atoms with Gasteiger partial charge in [0.1, 0.15) is 0 Å². The average molecular weight is 284 g/mol. The molecule has 1 heterocycles. The first-order chi connectivity index (χ1) is 10.3. The summed E-state index contributed by atoms with van der Waals surface area (Å²) in [6.07, 6.45) is 4.71. The smallest absolute Gasteiger partial charge is 0.411 e. The quantitative estimate of drug-likeness (QED) is 0.519. The lowest BCUT2D eigenvalue weighted by Crippen LogP contribution is -2.35. The molecule has 0 saturated heterocycles. The third-order valence-corrected chi connectivity index (χ3v) is 2.65. The molecule has 1 N–H and O–H groups in total. The van der Waals surface area contributed by atoms with Crippen LogP contribution in [0.5, 0.6) is 0 Å². The Morgan fingerprint density at radius 1 is 1.19 bits per heavy atom. The number of rotatable bonds is 5. The summed E-state index contributed by atoms with van der Waals surface area (Å²) in [6, 6.07) is 12.2. The van der Waals surface area contributed by atoms with Crippen molar-refractivity contribution < 1.29 is 18.9 Å². The minimum absolute atomic E-state index is 0.272. The lowest BCUT2D eigenvalue weighted by molar-refractivity contribution is -0.697. The Kier molecular flexibility index (Phi) is 5.20. The molecule has 0 unspecified atom stereocenters. The van der Waals surface area contributed by atoms with E-state index in [1.54, 1.807) is 24.3 Å². The molecule has 106 valence electrons. The van der Waals surface area contributed by atoms with E-state index < -0.39 is 6.09 Å². The largest absolute Gasteiger partial charge is 0.443 e. The number of isocyanates is 1. The van der Waals surface area contributed by atoms with Gasteiger partial charge < -0.3 is 4.74 Å². The average Bonchev–Trinajstić information content (AvgIpc) is 2.51. The highest BCUT2D eigenvalue weighted by molar-refractivity contribution is 5.84. The second-order valence-corrected chi connectivity index (χ2v) is 4.12. The fourth-order valence-corrected chi connectivity index (χ4v) is 1.65.